The molecule has 3 aromatic carbocycles. The molecule has 2 fully saturated rings. The van der Waals surface area contributed by atoms with E-state index in [1.54, 1.807) is 12.1 Å². The van der Waals surface area contributed by atoms with Crippen LogP contribution in [0.2, 0.25) is 0 Å². The monoisotopic (exact) mass is 522 g/mol. The number of amides is 4. The van der Waals surface area contributed by atoms with Crippen LogP contribution in [0.25, 0.3) is 0 Å². The van der Waals surface area contributed by atoms with Crippen molar-refractivity contribution < 1.29 is 19.2 Å². The molecule has 1 atom stereocenters. The third kappa shape index (κ3) is 4.89. The van der Waals surface area contributed by atoms with Crippen LogP contribution in [0.15, 0.2) is 78.9 Å². The number of benzene rings is 3. The quantitative estimate of drug-likeness (QED) is 0.501. The molecule has 1 unspecified atom stereocenters. The Morgan fingerprint density at radius 2 is 1.36 bits per heavy atom. The number of nitrogens with zero attached hydrogens (tertiary/aromatic N) is 3. The van der Waals surface area contributed by atoms with E-state index in [-0.39, 0.29) is 24.8 Å². The van der Waals surface area contributed by atoms with Crippen molar-refractivity contribution in [1.82, 2.24) is 20.0 Å². The van der Waals surface area contributed by atoms with Crippen molar-refractivity contribution in [2.45, 2.75) is 31.5 Å². The van der Waals surface area contributed by atoms with E-state index in [1.807, 2.05) is 18.2 Å². The fraction of sp³-hybridized carbons (Fsp3) is 0.290. The summed E-state index contributed by atoms with van der Waals surface area (Å²) >= 11 is 0. The van der Waals surface area contributed by atoms with Gasteiger partial charge >= 0.3 is 0 Å². The second-order valence-electron chi connectivity index (χ2n) is 10.4. The Balaban J connectivity index is 1.14. The molecule has 4 amide bonds. The molecular formula is C31H30N4O4. The van der Waals surface area contributed by atoms with Gasteiger partial charge in [0.05, 0.1) is 17.2 Å². The van der Waals surface area contributed by atoms with Gasteiger partial charge in [-0.3, -0.25) is 39.2 Å². The van der Waals surface area contributed by atoms with E-state index in [0.29, 0.717) is 17.7 Å². The van der Waals surface area contributed by atoms with Crippen molar-refractivity contribution in [3.05, 3.63) is 107 Å². The average molecular weight is 523 g/mol. The molecule has 0 aliphatic carbocycles. The van der Waals surface area contributed by atoms with Crippen LogP contribution >= 0.6 is 0 Å². The molecule has 39 heavy (non-hydrogen) atoms. The van der Waals surface area contributed by atoms with Crippen molar-refractivity contribution in [1.29, 1.82) is 0 Å². The lowest BCUT2D eigenvalue weighted by Crippen LogP contribution is -2.54. The normalized spacial score (nSPS) is 20.4. The van der Waals surface area contributed by atoms with Crippen LogP contribution in [-0.2, 0) is 16.1 Å². The molecular weight excluding hydrogens is 492 g/mol. The highest BCUT2D eigenvalue weighted by Gasteiger charge is 2.44. The SMILES string of the molecule is O=C1CCC(N2C(=O)c3ccc(CN4CCN(C(c5ccccc5)c5ccccc5)CC4)cc3C2=O)C(=O)N1. The van der Waals surface area contributed by atoms with Crippen molar-refractivity contribution in [2.75, 3.05) is 26.2 Å². The molecule has 1 N–H and O–H groups in total. The summed E-state index contributed by atoms with van der Waals surface area (Å²) in [4.78, 5) is 55.9. The summed E-state index contributed by atoms with van der Waals surface area (Å²) in [6, 6.07) is 25.8. The summed E-state index contributed by atoms with van der Waals surface area (Å²) in [5.41, 5.74) is 4.15. The lowest BCUT2D eigenvalue weighted by molar-refractivity contribution is -0.136. The number of piperazine rings is 1. The molecule has 8 nitrogen and oxygen atoms in total. The lowest BCUT2D eigenvalue weighted by Gasteiger charge is -2.40. The van der Waals surface area contributed by atoms with Gasteiger partial charge < -0.3 is 0 Å². The first-order chi connectivity index (χ1) is 19.0. The number of piperidine rings is 1. The number of hydrogen-bond donors (Lipinski definition) is 1. The maximum Gasteiger partial charge on any atom is 0.262 e. The molecule has 0 bridgehead atoms. The fourth-order valence-corrected chi connectivity index (χ4v) is 5.94. The molecule has 3 aromatic rings. The predicted molar refractivity (Wildman–Crippen MR) is 145 cm³/mol. The molecule has 198 valence electrons. The van der Waals surface area contributed by atoms with E-state index in [4.69, 9.17) is 0 Å². The van der Waals surface area contributed by atoms with Crippen LogP contribution < -0.4 is 5.32 Å². The zero-order valence-corrected chi connectivity index (χ0v) is 21.6. The first kappa shape index (κ1) is 25.2. The largest absolute Gasteiger partial charge is 0.297 e. The summed E-state index contributed by atoms with van der Waals surface area (Å²) in [6.45, 7) is 4.23. The minimum Gasteiger partial charge on any atom is -0.297 e. The molecule has 2 saturated heterocycles. The summed E-state index contributed by atoms with van der Waals surface area (Å²) in [7, 11) is 0. The first-order valence-electron chi connectivity index (χ1n) is 13.4. The Morgan fingerprint density at radius 3 is 1.97 bits per heavy atom. The molecule has 0 radical (unpaired) electrons. The minimum absolute atomic E-state index is 0.108. The Hall–Kier alpha value is -4.14. The van der Waals surface area contributed by atoms with Crippen LogP contribution in [0.3, 0.4) is 0 Å². The summed E-state index contributed by atoms with van der Waals surface area (Å²) < 4.78 is 0. The fourth-order valence-electron chi connectivity index (χ4n) is 5.94. The van der Waals surface area contributed by atoms with Crippen LogP contribution in [-0.4, -0.2) is 70.5 Å². The van der Waals surface area contributed by atoms with Gasteiger partial charge in [0.25, 0.3) is 11.8 Å². The molecule has 3 aliphatic rings. The number of carbonyl (C=O) groups excluding carboxylic acids is 4. The molecule has 0 spiro atoms. The molecule has 0 saturated carbocycles. The van der Waals surface area contributed by atoms with Gasteiger partial charge in [-0.2, -0.15) is 0 Å². The number of nitrogens with one attached hydrogen (secondary N) is 1. The molecule has 0 aromatic heterocycles. The first-order valence-corrected chi connectivity index (χ1v) is 13.4. The van der Waals surface area contributed by atoms with E-state index in [2.05, 4.69) is 63.6 Å². The Bertz CT molecular complexity index is 1380. The van der Waals surface area contributed by atoms with Gasteiger partial charge in [0.1, 0.15) is 6.04 Å². The standard InChI is InChI=1S/C31H30N4O4/c36-27-14-13-26(29(37)32-27)35-30(38)24-12-11-21(19-25(24)31(35)39)20-33-15-17-34(18-16-33)28(22-7-3-1-4-8-22)23-9-5-2-6-10-23/h1-12,19,26,28H,13-18,20H2,(H,32,36,37). The molecule has 3 aliphatic heterocycles. The van der Waals surface area contributed by atoms with Crippen LogP contribution in [0.1, 0.15) is 56.3 Å². The maximum absolute atomic E-state index is 13.2. The highest BCUT2D eigenvalue weighted by atomic mass is 16.2. The number of hydrogen-bond acceptors (Lipinski definition) is 6. The van der Waals surface area contributed by atoms with Gasteiger partial charge in [-0.05, 0) is 35.2 Å². The Kier molecular flexibility index (Phi) is 6.81. The molecule has 3 heterocycles. The third-order valence-electron chi connectivity index (χ3n) is 7.91. The number of carbonyl (C=O) groups is 4. The van der Waals surface area contributed by atoms with Crippen molar-refractivity contribution in [3.63, 3.8) is 0 Å². The third-order valence-corrected chi connectivity index (χ3v) is 7.91. The van der Waals surface area contributed by atoms with E-state index in [1.165, 1.54) is 11.1 Å². The average Bonchev–Trinajstić information content (AvgIpc) is 3.20. The van der Waals surface area contributed by atoms with Crippen molar-refractivity contribution in [2.24, 2.45) is 0 Å². The van der Waals surface area contributed by atoms with E-state index in [0.717, 1.165) is 36.6 Å². The van der Waals surface area contributed by atoms with Crippen molar-refractivity contribution >= 4 is 23.6 Å². The lowest BCUT2D eigenvalue weighted by atomic mass is 9.96. The van der Waals surface area contributed by atoms with E-state index < -0.39 is 23.8 Å². The van der Waals surface area contributed by atoms with Gasteiger partial charge in [0, 0.05) is 39.1 Å². The Morgan fingerprint density at radius 1 is 0.744 bits per heavy atom. The zero-order chi connectivity index (χ0) is 26.9. The zero-order valence-electron chi connectivity index (χ0n) is 21.6. The number of fused-ring (bicyclic) bond motifs is 1. The van der Waals surface area contributed by atoms with Crippen LogP contribution in [0.5, 0.6) is 0 Å². The summed E-state index contributed by atoms with van der Waals surface area (Å²) in [5, 5.41) is 2.24. The molecule has 6 rings (SSSR count). The topological polar surface area (TPSA) is 90.0 Å². The van der Waals surface area contributed by atoms with Gasteiger partial charge in [0.15, 0.2) is 0 Å². The minimum atomic E-state index is -0.950. The smallest absolute Gasteiger partial charge is 0.262 e. The second kappa shape index (κ2) is 10.6. The maximum atomic E-state index is 13.2. The van der Waals surface area contributed by atoms with Crippen LogP contribution in [0, 0.1) is 0 Å². The Labute approximate surface area is 227 Å². The van der Waals surface area contributed by atoms with E-state index in [9.17, 15) is 19.2 Å². The predicted octanol–water partition coefficient (Wildman–Crippen LogP) is 3.00. The molecule has 8 heteroatoms. The number of imide groups is 2. The van der Waals surface area contributed by atoms with E-state index >= 15 is 0 Å². The van der Waals surface area contributed by atoms with Gasteiger partial charge in [-0.25, -0.2) is 0 Å². The van der Waals surface area contributed by atoms with Gasteiger partial charge in [-0.1, -0.05) is 66.7 Å². The summed E-state index contributed by atoms with van der Waals surface area (Å²) in [5.74, 6) is -1.92. The number of rotatable bonds is 6. The van der Waals surface area contributed by atoms with Gasteiger partial charge in [-0.15, -0.1) is 0 Å². The second-order valence-corrected chi connectivity index (χ2v) is 10.4. The highest BCUT2D eigenvalue weighted by molar-refractivity contribution is 6.23. The summed E-state index contributed by atoms with van der Waals surface area (Å²) in [6.07, 6.45) is 0.261. The van der Waals surface area contributed by atoms with Crippen molar-refractivity contribution in [3.8, 4) is 0 Å². The van der Waals surface area contributed by atoms with Crippen LogP contribution in [0.4, 0.5) is 0 Å². The van der Waals surface area contributed by atoms with Gasteiger partial charge in [0.2, 0.25) is 11.8 Å². The highest BCUT2D eigenvalue weighted by Crippen LogP contribution is 2.31.